The van der Waals surface area contributed by atoms with Crippen molar-refractivity contribution < 1.29 is 14.3 Å². The largest absolute Gasteiger partial charge is 0.480 e. The van der Waals surface area contributed by atoms with Crippen molar-refractivity contribution in [3.8, 4) is 5.75 Å². The summed E-state index contributed by atoms with van der Waals surface area (Å²) in [4.78, 5) is 25.6. The van der Waals surface area contributed by atoms with Crippen LogP contribution in [0.25, 0.3) is 0 Å². The molecule has 1 aromatic rings. The Labute approximate surface area is 117 Å². The maximum Gasteiger partial charge on any atom is 0.264 e. The third-order valence-corrected chi connectivity index (χ3v) is 4.17. The molecule has 0 spiro atoms. The minimum atomic E-state index is -0.460. The summed E-state index contributed by atoms with van der Waals surface area (Å²) in [5, 5.41) is 2.61. The number of carbonyl (C=O) groups is 2. The Morgan fingerprint density at radius 1 is 1.30 bits per heavy atom. The molecule has 1 N–H and O–H groups in total. The maximum atomic E-state index is 12.4. The Hall–Kier alpha value is -2.04. The molecule has 3 rings (SSSR count). The van der Waals surface area contributed by atoms with Crippen molar-refractivity contribution in [3.63, 3.8) is 0 Å². The molecule has 5 heteroatoms. The van der Waals surface area contributed by atoms with Gasteiger partial charge in [0.05, 0.1) is 5.92 Å². The Morgan fingerprint density at radius 3 is 2.65 bits per heavy atom. The van der Waals surface area contributed by atoms with Gasteiger partial charge in [0.15, 0.2) is 6.10 Å². The van der Waals surface area contributed by atoms with Crippen LogP contribution in [-0.4, -0.2) is 43.0 Å². The number of likely N-dealkylation sites (tertiary alicyclic amines) is 1. The van der Waals surface area contributed by atoms with Crippen LogP contribution in [-0.2, 0) is 9.59 Å². The van der Waals surface area contributed by atoms with Crippen LogP contribution in [0, 0.1) is 5.92 Å². The SMILES string of the molecule is CNC(=O)C1CN(C(=O)[C@H]2Oc3ccccc3[C@H]2C)C1. The highest BCUT2D eigenvalue weighted by Crippen LogP contribution is 2.38. The molecule has 1 aromatic carbocycles. The first-order chi connectivity index (χ1) is 9.61. The third kappa shape index (κ3) is 1.94. The van der Waals surface area contributed by atoms with Crippen molar-refractivity contribution in [2.24, 2.45) is 5.92 Å². The summed E-state index contributed by atoms with van der Waals surface area (Å²) in [5.74, 6) is 0.745. The van der Waals surface area contributed by atoms with Gasteiger partial charge in [0.2, 0.25) is 5.91 Å². The zero-order valence-electron chi connectivity index (χ0n) is 11.6. The fourth-order valence-electron chi connectivity index (χ4n) is 2.84. The second-order valence-corrected chi connectivity index (χ2v) is 5.42. The van der Waals surface area contributed by atoms with E-state index in [4.69, 9.17) is 4.74 Å². The van der Waals surface area contributed by atoms with Crippen LogP contribution in [0.3, 0.4) is 0 Å². The van der Waals surface area contributed by atoms with Crippen LogP contribution >= 0.6 is 0 Å². The molecule has 5 nitrogen and oxygen atoms in total. The molecular weight excluding hydrogens is 256 g/mol. The normalized spacial score (nSPS) is 24.6. The molecule has 2 heterocycles. The van der Waals surface area contributed by atoms with Gasteiger partial charge in [-0.1, -0.05) is 25.1 Å². The topological polar surface area (TPSA) is 58.6 Å². The number of fused-ring (bicyclic) bond motifs is 1. The quantitative estimate of drug-likeness (QED) is 0.866. The summed E-state index contributed by atoms with van der Waals surface area (Å²) in [5.41, 5.74) is 1.08. The van der Waals surface area contributed by atoms with E-state index in [1.165, 1.54) is 0 Å². The third-order valence-electron chi connectivity index (χ3n) is 4.17. The molecular formula is C15H18N2O3. The molecule has 0 radical (unpaired) electrons. The van der Waals surface area contributed by atoms with Gasteiger partial charge in [0.25, 0.3) is 5.91 Å². The number of hydrogen-bond donors (Lipinski definition) is 1. The average molecular weight is 274 g/mol. The molecule has 0 unspecified atom stereocenters. The van der Waals surface area contributed by atoms with Gasteiger partial charge in [-0.2, -0.15) is 0 Å². The number of rotatable bonds is 2. The van der Waals surface area contributed by atoms with Crippen molar-refractivity contribution >= 4 is 11.8 Å². The summed E-state index contributed by atoms with van der Waals surface area (Å²) in [6, 6.07) is 7.75. The highest BCUT2D eigenvalue weighted by atomic mass is 16.5. The smallest absolute Gasteiger partial charge is 0.264 e. The van der Waals surface area contributed by atoms with E-state index in [1.54, 1.807) is 11.9 Å². The maximum absolute atomic E-state index is 12.4. The molecule has 106 valence electrons. The summed E-state index contributed by atoms with van der Waals surface area (Å²) in [7, 11) is 1.62. The van der Waals surface area contributed by atoms with E-state index in [0.717, 1.165) is 11.3 Å². The number of hydrogen-bond acceptors (Lipinski definition) is 3. The van der Waals surface area contributed by atoms with Crippen LogP contribution in [0.2, 0.25) is 0 Å². The molecule has 0 aliphatic carbocycles. The monoisotopic (exact) mass is 274 g/mol. The van der Waals surface area contributed by atoms with Gasteiger partial charge in [-0.15, -0.1) is 0 Å². The standard InChI is InChI=1S/C15H18N2O3/c1-9-11-5-3-4-6-12(11)20-13(9)15(19)17-7-10(8-17)14(18)16-2/h3-6,9-10,13H,7-8H2,1-2H3,(H,16,18)/t9-,13+/m1/s1. The Morgan fingerprint density at radius 2 is 2.00 bits per heavy atom. The van der Waals surface area contributed by atoms with Crippen LogP contribution in [0.4, 0.5) is 0 Å². The van der Waals surface area contributed by atoms with E-state index in [1.807, 2.05) is 31.2 Å². The van der Waals surface area contributed by atoms with Crippen molar-refractivity contribution in [3.05, 3.63) is 29.8 Å². The number of benzene rings is 1. The molecule has 2 amide bonds. The number of nitrogens with zero attached hydrogens (tertiary/aromatic N) is 1. The van der Waals surface area contributed by atoms with Gasteiger partial charge < -0.3 is 15.0 Å². The number of amides is 2. The summed E-state index contributed by atoms with van der Waals surface area (Å²) < 4.78 is 5.77. The van der Waals surface area contributed by atoms with Crippen molar-refractivity contribution in [2.75, 3.05) is 20.1 Å². The van der Waals surface area contributed by atoms with Crippen molar-refractivity contribution in [1.82, 2.24) is 10.2 Å². The molecule has 1 fully saturated rings. The molecule has 0 saturated carbocycles. The molecule has 0 bridgehead atoms. The van der Waals surface area contributed by atoms with Crippen LogP contribution in [0.5, 0.6) is 5.75 Å². The lowest BCUT2D eigenvalue weighted by molar-refractivity contribution is -0.148. The first-order valence-electron chi connectivity index (χ1n) is 6.87. The number of carbonyl (C=O) groups excluding carboxylic acids is 2. The molecule has 2 aliphatic heterocycles. The van der Waals surface area contributed by atoms with Crippen molar-refractivity contribution in [1.29, 1.82) is 0 Å². The average Bonchev–Trinajstić information content (AvgIpc) is 2.74. The lowest BCUT2D eigenvalue weighted by Crippen LogP contribution is -2.58. The van der Waals surface area contributed by atoms with Crippen LogP contribution in [0.15, 0.2) is 24.3 Å². The fraction of sp³-hybridized carbons (Fsp3) is 0.467. The number of para-hydroxylation sites is 1. The highest BCUT2D eigenvalue weighted by Gasteiger charge is 2.43. The predicted molar refractivity (Wildman–Crippen MR) is 73.4 cm³/mol. The van der Waals surface area contributed by atoms with Gasteiger partial charge in [0.1, 0.15) is 5.75 Å². The molecule has 2 atom stereocenters. The first-order valence-corrected chi connectivity index (χ1v) is 6.87. The van der Waals surface area contributed by atoms with E-state index in [0.29, 0.717) is 13.1 Å². The zero-order chi connectivity index (χ0) is 14.3. The van der Waals surface area contributed by atoms with Gasteiger partial charge >= 0.3 is 0 Å². The number of nitrogens with one attached hydrogen (secondary N) is 1. The highest BCUT2D eigenvalue weighted by molar-refractivity contribution is 5.87. The number of ether oxygens (including phenoxy) is 1. The Kier molecular flexibility index (Phi) is 3.12. The summed E-state index contributed by atoms with van der Waals surface area (Å²) in [6.45, 7) is 2.98. The van der Waals surface area contributed by atoms with E-state index < -0.39 is 6.10 Å². The Bertz CT molecular complexity index is 552. The fourth-order valence-corrected chi connectivity index (χ4v) is 2.84. The van der Waals surface area contributed by atoms with E-state index in [2.05, 4.69) is 5.32 Å². The van der Waals surface area contributed by atoms with Gasteiger partial charge in [0, 0.05) is 31.6 Å². The molecule has 20 heavy (non-hydrogen) atoms. The second kappa shape index (κ2) is 4.81. The lowest BCUT2D eigenvalue weighted by Gasteiger charge is -2.39. The van der Waals surface area contributed by atoms with Crippen LogP contribution in [0.1, 0.15) is 18.4 Å². The zero-order valence-corrected chi connectivity index (χ0v) is 11.6. The van der Waals surface area contributed by atoms with Crippen LogP contribution < -0.4 is 10.1 Å². The van der Waals surface area contributed by atoms with Gasteiger partial charge in [-0.3, -0.25) is 9.59 Å². The summed E-state index contributed by atoms with van der Waals surface area (Å²) >= 11 is 0. The van der Waals surface area contributed by atoms with Crippen molar-refractivity contribution in [2.45, 2.75) is 18.9 Å². The van der Waals surface area contributed by atoms with Gasteiger partial charge in [-0.25, -0.2) is 0 Å². The lowest BCUT2D eigenvalue weighted by atomic mass is 9.93. The minimum absolute atomic E-state index is 0.00211. The first kappa shape index (κ1) is 13.0. The molecule has 0 aromatic heterocycles. The van der Waals surface area contributed by atoms with E-state index >= 15 is 0 Å². The molecule has 2 aliphatic rings. The Balaban J connectivity index is 1.65. The second-order valence-electron chi connectivity index (χ2n) is 5.42. The van der Waals surface area contributed by atoms with E-state index in [9.17, 15) is 9.59 Å². The molecule has 1 saturated heterocycles. The predicted octanol–water partition coefficient (Wildman–Crippen LogP) is 0.756. The van der Waals surface area contributed by atoms with Gasteiger partial charge in [-0.05, 0) is 6.07 Å². The summed E-state index contributed by atoms with van der Waals surface area (Å²) in [6.07, 6.45) is -0.460. The van der Waals surface area contributed by atoms with E-state index in [-0.39, 0.29) is 23.7 Å². The minimum Gasteiger partial charge on any atom is -0.480 e.